The molecule has 1 atom stereocenters. The fourth-order valence-corrected chi connectivity index (χ4v) is 1.21. The van der Waals surface area contributed by atoms with Gasteiger partial charge in [0.15, 0.2) is 6.29 Å². The van der Waals surface area contributed by atoms with E-state index in [4.69, 9.17) is 9.47 Å². The molecule has 0 bridgehead atoms. The predicted molar refractivity (Wildman–Crippen MR) is 54.5 cm³/mol. The summed E-state index contributed by atoms with van der Waals surface area (Å²) in [5, 5.41) is 0. The van der Waals surface area contributed by atoms with Gasteiger partial charge in [-0.3, -0.25) is 0 Å². The van der Waals surface area contributed by atoms with E-state index in [9.17, 15) is 8.42 Å². The third-order valence-corrected chi connectivity index (χ3v) is 2.94. The van der Waals surface area contributed by atoms with Gasteiger partial charge >= 0.3 is 0 Å². The lowest BCUT2D eigenvalue weighted by Gasteiger charge is -2.23. The summed E-state index contributed by atoms with van der Waals surface area (Å²) < 4.78 is 33.7. The Kier molecular flexibility index (Phi) is 5.58. The van der Waals surface area contributed by atoms with Crippen molar-refractivity contribution in [1.29, 1.82) is 0 Å². The summed E-state index contributed by atoms with van der Waals surface area (Å²) in [5.74, 6) is 0. The molecule has 86 valence electrons. The maximum atomic E-state index is 11.1. The number of ether oxygens (including phenoxy) is 2. The molecule has 0 aromatic heterocycles. The van der Waals surface area contributed by atoms with Crippen LogP contribution in [-0.2, 0) is 19.5 Å². The third-order valence-electron chi connectivity index (χ3n) is 1.66. The SMILES string of the molecule is COC(CN(C)S(C)(=O)=O)OC(C)C. The molecule has 0 aliphatic carbocycles. The Balaban J connectivity index is 4.19. The zero-order valence-corrected chi connectivity index (χ0v) is 10.2. The topological polar surface area (TPSA) is 55.8 Å². The van der Waals surface area contributed by atoms with E-state index in [1.807, 2.05) is 13.8 Å². The summed E-state index contributed by atoms with van der Waals surface area (Å²) in [7, 11) is -0.190. The number of hydrogen-bond acceptors (Lipinski definition) is 4. The van der Waals surface area contributed by atoms with Gasteiger partial charge in [-0.1, -0.05) is 0 Å². The van der Waals surface area contributed by atoms with Crippen molar-refractivity contribution in [3.05, 3.63) is 0 Å². The van der Waals surface area contributed by atoms with Gasteiger partial charge in [0.2, 0.25) is 10.0 Å². The molecule has 0 aromatic rings. The number of sulfonamides is 1. The second-order valence-corrected chi connectivity index (χ2v) is 5.48. The Hall–Kier alpha value is -0.170. The van der Waals surface area contributed by atoms with E-state index < -0.39 is 16.3 Å². The fraction of sp³-hybridized carbons (Fsp3) is 1.00. The minimum absolute atomic E-state index is 0.00732. The molecule has 14 heavy (non-hydrogen) atoms. The normalized spacial score (nSPS) is 15.1. The van der Waals surface area contributed by atoms with Crippen molar-refractivity contribution in [3.63, 3.8) is 0 Å². The highest BCUT2D eigenvalue weighted by Gasteiger charge is 2.18. The summed E-state index contributed by atoms with van der Waals surface area (Å²) in [4.78, 5) is 0. The van der Waals surface area contributed by atoms with Crippen LogP contribution < -0.4 is 0 Å². The summed E-state index contributed by atoms with van der Waals surface area (Å²) in [5.41, 5.74) is 0. The first-order chi connectivity index (χ1) is 6.27. The average Bonchev–Trinajstić information content (AvgIpc) is 2.00. The Bertz CT molecular complexity index is 250. The van der Waals surface area contributed by atoms with Gasteiger partial charge in [0.1, 0.15) is 0 Å². The van der Waals surface area contributed by atoms with Gasteiger partial charge in [-0.25, -0.2) is 12.7 Å². The van der Waals surface area contributed by atoms with Gasteiger partial charge in [-0.05, 0) is 13.8 Å². The van der Waals surface area contributed by atoms with Crippen LogP contribution in [0.2, 0.25) is 0 Å². The minimum Gasteiger partial charge on any atom is -0.354 e. The summed E-state index contributed by atoms with van der Waals surface area (Å²) in [6.07, 6.45) is 0.636. The Labute approximate surface area is 86.0 Å². The van der Waals surface area contributed by atoms with Crippen LogP contribution >= 0.6 is 0 Å². The lowest BCUT2D eigenvalue weighted by molar-refractivity contribution is -0.149. The third kappa shape index (κ3) is 5.54. The monoisotopic (exact) mass is 225 g/mol. The fourth-order valence-electron chi connectivity index (χ4n) is 0.822. The molecule has 6 heteroatoms. The molecule has 0 radical (unpaired) electrons. The molecule has 0 heterocycles. The smallest absolute Gasteiger partial charge is 0.211 e. The van der Waals surface area contributed by atoms with Gasteiger partial charge in [0.25, 0.3) is 0 Å². The minimum atomic E-state index is -3.17. The standard InChI is InChI=1S/C8H19NO4S/c1-7(2)13-8(12-4)6-9(3)14(5,10)11/h7-8H,6H2,1-5H3. The molecule has 0 fully saturated rings. The number of hydrogen-bond donors (Lipinski definition) is 0. The molecule has 5 nitrogen and oxygen atoms in total. The summed E-state index contributed by atoms with van der Waals surface area (Å²) in [6.45, 7) is 3.94. The molecule has 0 rings (SSSR count). The quantitative estimate of drug-likeness (QED) is 0.609. The van der Waals surface area contributed by atoms with Crippen molar-refractivity contribution in [1.82, 2.24) is 4.31 Å². The van der Waals surface area contributed by atoms with Crippen molar-refractivity contribution in [2.24, 2.45) is 0 Å². The molecule has 0 aromatic carbocycles. The van der Waals surface area contributed by atoms with Crippen LogP contribution in [0, 0.1) is 0 Å². The van der Waals surface area contributed by atoms with Crippen molar-refractivity contribution < 1.29 is 17.9 Å². The Morgan fingerprint density at radius 2 is 1.86 bits per heavy atom. The molecule has 0 amide bonds. The van der Waals surface area contributed by atoms with Crippen molar-refractivity contribution in [3.8, 4) is 0 Å². The molecule has 0 saturated heterocycles. The van der Waals surface area contributed by atoms with Crippen LogP contribution in [0.4, 0.5) is 0 Å². The second kappa shape index (κ2) is 5.65. The second-order valence-electron chi connectivity index (χ2n) is 3.39. The molecular weight excluding hydrogens is 206 g/mol. The van der Waals surface area contributed by atoms with Gasteiger partial charge < -0.3 is 9.47 Å². The van der Waals surface area contributed by atoms with Crippen LogP contribution in [0.5, 0.6) is 0 Å². The van der Waals surface area contributed by atoms with E-state index in [-0.39, 0.29) is 12.6 Å². The van der Waals surface area contributed by atoms with E-state index in [1.54, 1.807) is 0 Å². The first kappa shape index (κ1) is 13.8. The Morgan fingerprint density at radius 3 is 2.14 bits per heavy atom. The van der Waals surface area contributed by atoms with Crippen molar-refractivity contribution in [2.45, 2.75) is 26.2 Å². The van der Waals surface area contributed by atoms with Crippen molar-refractivity contribution in [2.75, 3.05) is 27.0 Å². The Morgan fingerprint density at radius 1 is 1.36 bits per heavy atom. The van der Waals surface area contributed by atoms with Crippen LogP contribution in [0.25, 0.3) is 0 Å². The first-order valence-electron chi connectivity index (χ1n) is 4.37. The van der Waals surface area contributed by atoms with Crippen LogP contribution in [0.15, 0.2) is 0 Å². The first-order valence-corrected chi connectivity index (χ1v) is 6.21. The molecule has 0 N–H and O–H groups in total. The van der Waals surface area contributed by atoms with E-state index >= 15 is 0 Å². The number of likely N-dealkylation sites (N-methyl/N-ethyl adjacent to an activating group) is 1. The molecular formula is C8H19NO4S. The van der Waals surface area contributed by atoms with Crippen LogP contribution in [0.3, 0.4) is 0 Å². The van der Waals surface area contributed by atoms with Crippen molar-refractivity contribution >= 4 is 10.0 Å². The van der Waals surface area contributed by atoms with Gasteiger partial charge in [0.05, 0.1) is 18.9 Å². The van der Waals surface area contributed by atoms with Gasteiger partial charge in [0, 0.05) is 14.2 Å². The molecule has 0 aliphatic rings. The van der Waals surface area contributed by atoms with E-state index in [0.717, 1.165) is 6.26 Å². The molecule has 1 unspecified atom stereocenters. The number of rotatable bonds is 6. The zero-order valence-electron chi connectivity index (χ0n) is 9.35. The van der Waals surface area contributed by atoms with E-state index in [1.165, 1.54) is 18.5 Å². The van der Waals surface area contributed by atoms with Gasteiger partial charge in [-0.15, -0.1) is 0 Å². The number of nitrogens with zero attached hydrogens (tertiary/aromatic N) is 1. The highest BCUT2D eigenvalue weighted by Crippen LogP contribution is 2.03. The highest BCUT2D eigenvalue weighted by molar-refractivity contribution is 7.88. The maximum absolute atomic E-state index is 11.1. The largest absolute Gasteiger partial charge is 0.354 e. The predicted octanol–water partition coefficient (Wildman–Crippen LogP) is 0.275. The van der Waals surface area contributed by atoms with E-state index in [2.05, 4.69) is 0 Å². The molecule has 0 spiro atoms. The molecule has 0 aliphatic heterocycles. The lowest BCUT2D eigenvalue weighted by Crippen LogP contribution is -2.37. The lowest BCUT2D eigenvalue weighted by atomic mass is 10.5. The van der Waals surface area contributed by atoms with E-state index in [0.29, 0.717) is 0 Å². The van der Waals surface area contributed by atoms with Gasteiger partial charge in [-0.2, -0.15) is 0 Å². The maximum Gasteiger partial charge on any atom is 0.211 e. The average molecular weight is 225 g/mol. The number of methoxy groups -OCH3 is 1. The van der Waals surface area contributed by atoms with Crippen LogP contribution in [-0.4, -0.2) is 52.1 Å². The van der Waals surface area contributed by atoms with Crippen LogP contribution in [0.1, 0.15) is 13.8 Å². The highest BCUT2D eigenvalue weighted by atomic mass is 32.2. The summed E-state index contributed by atoms with van der Waals surface area (Å²) in [6, 6.07) is 0. The zero-order chi connectivity index (χ0) is 11.4. The summed E-state index contributed by atoms with van der Waals surface area (Å²) >= 11 is 0. The molecule has 0 saturated carbocycles.